The molecule has 2 aromatic carbocycles. The summed E-state index contributed by atoms with van der Waals surface area (Å²) in [5, 5.41) is 1.18. The molecular formula is C24H24Cl2N2O2. The number of methoxy groups -OCH3 is 1. The highest BCUT2D eigenvalue weighted by molar-refractivity contribution is 6.35. The Balaban J connectivity index is 1.73. The molecule has 0 atom stereocenters. The summed E-state index contributed by atoms with van der Waals surface area (Å²) >= 11 is 12.6. The van der Waals surface area contributed by atoms with Gasteiger partial charge in [0.1, 0.15) is 0 Å². The van der Waals surface area contributed by atoms with Crippen LogP contribution in [0, 0.1) is 0 Å². The summed E-state index contributed by atoms with van der Waals surface area (Å²) < 4.78 is 11.9. The Kier molecular flexibility index (Phi) is 6.66. The fraction of sp³-hybridized carbons (Fsp3) is 0.292. The molecule has 1 aliphatic rings. The van der Waals surface area contributed by atoms with E-state index < -0.39 is 0 Å². The number of halogens is 2. The first-order chi connectivity index (χ1) is 14.6. The number of benzene rings is 2. The zero-order valence-corrected chi connectivity index (χ0v) is 18.4. The van der Waals surface area contributed by atoms with Gasteiger partial charge in [0, 0.05) is 46.4 Å². The number of ether oxygens (including phenoxy) is 2. The first kappa shape index (κ1) is 20.8. The van der Waals surface area contributed by atoms with E-state index in [4.69, 9.17) is 32.7 Å². The van der Waals surface area contributed by atoms with Gasteiger partial charge in [0.15, 0.2) is 11.5 Å². The maximum Gasteiger partial charge on any atom is 0.163 e. The topological polar surface area (TPSA) is 34.6 Å². The summed E-state index contributed by atoms with van der Waals surface area (Å²) in [6, 6.07) is 15.5. The van der Waals surface area contributed by atoms with Gasteiger partial charge in [-0.1, -0.05) is 29.3 Å². The van der Waals surface area contributed by atoms with Crippen molar-refractivity contribution in [2.45, 2.75) is 38.3 Å². The molecule has 0 saturated heterocycles. The fourth-order valence-electron chi connectivity index (χ4n) is 3.81. The number of hydrogen-bond donors (Lipinski definition) is 0. The quantitative estimate of drug-likeness (QED) is 0.392. The number of anilines is 2. The van der Waals surface area contributed by atoms with Gasteiger partial charge in [0.25, 0.3) is 0 Å². The average molecular weight is 443 g/mol. The lowest BCUT2D eigenvalue weighted by molar-refractivity contribution is 0.201. The molecule has 3 aromatic rings. The second-order valence-corrected chi connectivity index (χ2v) is 8.31. The minimum atomic E-state index is 0.238. The highest BCUT2D eigenvalue weighted by Crippen LogP contribution is 2.39. The predicted octanol–water partition coefficient (Wildman–Crippen LogP) is 7.06. The van der Waals surface area contributed by atoms with Gasteiger partial charge < -0.3 is 14.4 Å². The van der Waals surface area contributed by atoms with Crippen molar-refractivity contribution in [3.63, 3.8) is 0 Å². The lowest BCUT2D eigenvalue weighted by Crippen LogP contribution is -2.17. The van der Waals surface area contributed by atoms with Crippen LogP contribution >= 0.6 is 23.2 Å². The Hall–Kier alpha value is -2.43. The van der Waals surface area contributed by atoms with E-state index in [0.717, 1.165) is 41.3 Å². The van der Waals surface area contributed by atoms with Crippen LogP contribution in [0.15, 0.2) is 60.9 Å². The number of pyridine rings is 1. The highest BCUT2D eigenvalue weighted by atomic mass is 35.5. The summed E-state index contributed by atoms with van der Waals surface area (Å²) in [4.78, 5) is 6.40. The minimum absolute atomic E-state index is 0.238. The lowest BCUT2D eigenvalue weighted by Gasteiger charge is -2.27. The van der Waals surface area contributed by atoms with Crippen LogP contribution in [-0.4, -0.2) is 18.2 Å². The molecule has 1 heterocycles. The van der Waals surface area contributed by atoms with Gasteiger partial charge in [-0.2, -0.15) is 0 Å². The van der Waals surface area contributed by atoms with Crippen molar-refractivity contribution < 1.29 is 9.47 Å². The Morgan fingerprint density at radius 3 is 2.40 bits per heavy atom. The largest absolute Gasteiger partial charge is 0.493 e. The van der Waals surface area contributed by atoms with Crippen LogP contribution in [0.2, 0.25) is 10.0 Å². The SMILES string of the molecule is COc1ccc(N(Cc2cccnc2)c2cc(Cl)cc(Cl)c2)cc1OC1CCCC1. The molecule has 6 heteroatoms. The zero-order valence-electron chi connectivity index (χ0n) is 16.9. The van der Waals surface area contributed by atoms with Crippen molar-refractivity contribution in [3.05, 3.63) is 76.5 Å². The van der Waals surface area contributed by atoms with Crippen molar-refractivity contribution in [1.82, 2.24) is 4.98 Å². The molecule has 156 valence electrons. The molecular weight excluding hydrogens is 419 g/mol. The highest BCUT2D eigenvalue weighted by Gasteiger charge is 2.20. The molecule has 0 spiro atoms. The van der Waals surface area contributed by atoms with Gasteiger partial charge in [-0.15, -0.1) is 0 Å². The van der Waals surface area contributed by atoms with Crippen LogP contribution in [0.3, 0.4) is 0 Å². The smallest absolute Gasteiger partial charge is 0.163 e. The molecule has 30 heavy (non-hydrogen) atoms. The van der Waals surface area contributed by atoms with E-state index in [9.17, 15) is 0 Å². The monoisotopic (exact) mass is 442 g/mol. The summed E-state index contributed by atoms with van der Waals surface area (Å²) in [5.41, 5.74) is 2.93. The second kappa shape index (κ2) is 9.59. The third-order valence-electron chi connectivity index (χ3n) is 5.28. The van der Waals surface area contributed by atoms with Crippen LogP contribution in [0.25, 0.3) is 0 Å². The molecule has 1 fully saturated rings. The van der Waals surface area contributed by atoms with Crippen LogP contribution < -0.4 is 14.4 Å². The molecule has 1 aromatic heterocycles. The van der Waals surface area contributed by atoms with Gasteiger partial charge in [0.05, 0.1) is 13.2 Å². The van der Waals surface area contributed by atoms with E-state index in [1.54, 1.807) is 19.4 Å². The molecule has 1 saturated carbocycles. The molecule has 4 nitrogen and oxygen atoms in total. The number of rotatable bonds is 7. The first-order valence-electron chi connectivity index (χ1n) is 10.1. The molecule has 0 bridgehead atoms. The van der Waals surface area contributed by atoms with Crippen molar-refractivity contribution in [2.24, 2.45) is 0 Å². The number of nitrogens with zero attached hydrogens (tertiary/aromatic N) is 2. The number of hydrogen-bond acceptors (Lipinski definition) is 4. The maximum absolute atomic E-state index is 6.31. The van der Waals surface area contributed by atoms with Crippen LogP contribution in [0.4, 0.5) is 11.4 Å². The van der Waals surface area contributed by atoms with Crippen LogP contribution in [0.5, 0.6) is 11.5 Å². The van der Waals surface area contributed by atoms with E-state index in [-0.39, 0.29) is 6.10 Å². The zero-order chi connectivity index (χ0) is 20.9. The van der Waals surface area contributed by atoms with Crippen molar-refractivity contribution in [2.75, 3.05) is 12.0 Å². The standard InChI is InChI=1S/C24H24Cl2N2O2/c1-29-23-9-8-20(14-24(23)30-22-6-2-3-7-22)28(16-17-5-4-10-27-15-17)21-12-18(25)11-19(26)13-21/h4-5,8-15,22H,2-3,6-7,16H2,1H3. The molecule has 0 amide bonds. The van der Waals surface area contributed by atoms with Gasteiger partial charge in [-0.05, 0) is 67.6 Å². The van der Waals surface area contributed by atoms with Crippen LogP contribution in [0.1, 0.15) is 31.2 Å². The third kappa shape index (κ3) is 5.00. The van der Waals surface area contributed by atoms with Gasteiger partial charge in [-0.25, -0.2) is 0 Å². The van der Waals surface area contributed by atoms with Crippen molar-refractivity contribution >= 4 is 34.6 Å². The second-order valence-electron chi connectivity index (χ2n) is 7.43. The molecule has 0 aliphatic heterocycles. The van der Waals surface area contributed by atoms with E-state index in [1.807, 2.05) is 48.7 Å². The fourth-order valence-corrected chi connectivity index (χ4v) is 4.33. The molecule has 0 N–H and O–H groups in total. The van der Waals surface area contributed by atoms with E-state index >= 15 is 0 Å². The summed E-state index contributed by atoms with van der Waals surface area (Å²) in [6.45, 7) is 0.611. The summed E-state index contributed by atoms with van der Waals surface area (Å²) in [6.07, 6.45) is 8.44. The van der Waals surface area contributed by atoms with Gasteiger partial charge >= 0.3 is 0 Å². The van der Waals surface area contributed by atoms with Crippen molar-refractivity contribution in [1.29, 1.82) is 0 Å². The molecule has 0 unspecified atom stereocenters. The summed E-state index contributed by atoms with van der Waals surface area (Å²) in [5.74, 6) is 1.49. The normalized spacial score (nSPS) is 14.0. The maximum atomic E-state index is 6.31. The Morgan fingerprint density at radius 2 is 1.73 bits per heavy atom. The minimum Gasteiger partial charge on any atom is -0.493 e. The lowest BCUT2D eigenvalue weighted by atomic mass is 10.1. The van der Waals surface area contributed by atoms with E-state index in [2.05, 4.69) is 9.88 Å². The van der Waals surface area contributed by atoms with E-state index in [0.29, 0.717) is 16.6 Å². The van der Waals surface area contributed by atoms with Crippen molar-refractivity contribution in [3.8, 4) is 11.5 Å². The van der Waals surface area contributed by atoms with Gasteiger partial charge in [0.2, 0.25) is 0 Å². The van der Waals surface area contributed by atoms with Crippen LogP contribution in [-0.2, 0) is 6.54 Å². The predicted molar refractivity (Wildman–Crippen MR) is 122 cm³/mol. The Bertz CT molecular complexity index is 972. The molecule has 4 rings (SSSR count). The Morgan fingerprint density at radius 1 is 0.967 bits per heavy atom. The molecule has 0 radical (unpaired) electrons. The van der Waals surface area contributed by atoms with Gasteiger partial charge in [-0.3, -0.25) is 4.98 Å². The summed E-state index contributed by atoms with van der Waals surface area (Å²) in [7, 11) is 1.67. The first-order valence-corrected chi connectivity index (χ1v) is 10.9. The Labute approximate surface area is 187 Å². The average Bonchev–Trinajstić information content (AvgIpc) is 3.25. The molecule has 1 aliphatic carbocycles. The van der Waals surface area contributed by atoms with E-state index in [1.165, 1.54) is 12.8 Å². The third-order valence-corrected chi connectivity index (χ3v) is 5.71. The number of aromatic nitrogens is 1.